The molecule has 1 aliphatic rings. The van der Waals surface area contributed by atoms with Crippen molar-refractivity contribution in [2.45, 2.75) is 12.8 Å². The van der Waals surface area contributed by atoms with E-state index < -0.39 is 0 Å². The third kappa shape index (κ3) is 3.34. The van der Waals surface area contributed by atoms with Gasteiger partial charge >= 0.3 is 0 Å². The molecule has 4 nitrogen and oxygen atoms in total. The molecule has 21 heavy (non-hydrogen) atoms. The van der Waals surface area contributed by atoms with Gasteiger partial charge in [-0.15, -0.1) is 0 Å². The van der Waals surface area contributed by atoms with E-state index in [4.69, 9.17) is 16.3 Å². The number of nitrogens with one attached hydrogen (secondary N) is 1. The molecule has 1 saturated heterocycles. The standard InChI is InChI=1S/C16H17ClN2O2/c17-15-13-6-2-1-5-12(13)8-14(19-15)16(20)18-9-11-4-3-7-21-10-11/h1-2,5-6,8,11H,3-4,7,9-10H2,(H,18,20). The van der Waals surface area contributed by atoms with Crippen molar-refractivity contribution in [2.24, 2.45) is 5.92 Å². The largest absolute Gasteiger partial charge is 0.381 e. The van der Waals surface area contributed by atoms with Gasteiger partial charge in [0.2, 0.25) is 0 Å². The average molecular weight is 305 g/mol. The Labute approximate surface area is 128 Å². The summed E-state index contributed by atoms with van der Waals surface area (Å²) in [5.74, 6) is 0.201. The zero-order valence-corrected chi connectivity index (χ0v) is 12.4. The zero-order chi connectivity index (χ0) is 14.7. The van der Waals surface area contributed by atoms with Crippen molar-refractivity contribution in [3.8, 4) is 0 Å². The third-order valence-electron chi connectivity index (χ3n) is 3.73. The Hall–Kier alpha value is -1.65. The first kappa shape index (κ1) is 14.3. The van der Waals surface area contributed by atoms with Crippen LogP contribution in [0, 0.1) is 5.92 Å². The second kappa shape index (κ2) is 6.41. The van der Waals surface area contributed by atoms with E-state index >= 15 is 0 Å². The predicted molar refractivity (Wildman–Crippen MR) is 82.6 cm³/mol. The number of rotatable bonds is 3. The lowest BCUT2D eigenvalue weighted by atomic mass is 10.0. The molecule has 3 rings (SSSR count). The first-order valence-electron chi connectivity index (χ1n) is 7.15. The van der Waals surface area contributed by atoms with Crippen LogP contribution >= 0.6 is 11.6 Å². The Bertz CT molecular complexity index is 654. The Morgan fingerprint density at radius 3 is 3.10 bits per heavy atom. The van der Waals surface area contributed by atoms with Crippen molar-refractivity contribution in [3.63, 3.8) is 0 Å². The maximum atomic E-state index is 12.2. The fraction of sp³-hybridized carbons (Fsp3) is 0.375. The molecule has 1 amide bonds. The van der Waals surface area contributed by atoms with Crippen molar-refractivity contribution in [3.05, 3.63) is 41.2 Å². The summed E-state index contributed by atoms with van der Waals surface area (Å²) in [4.78, 5) is 16.4. The summed E-state index contributed by atoms with van der Waals surface area (Å²) in [5, 5.41) is 5.06. The molecule has 1 N–H and O–H groups in total. The summed E-state index contributed by atoms with van der Waals surface area (Å²) in [5.41, 5.74) is 0.357. The number of ether oxygens (including phenoxy) is 1. The molecule has 0 radical (unpaired) electrons. The first-order valence-corrected chi connectivity index (χ1v) is 7.53. The highest BCUT2D eigenvalue weighted by atomic mass is 35.5. The van der Waals surface area contributed by atoms with Gasteiger partial charge in [0.1, 0.15) is 10.8 Å². The summed E-state index contributed by atoms with van der Waals surface area (Å²) >= 11 is 6.14. The molecule has 0 saturated carbocycles. The Morgan fingerprint density at radius 1 is 1.43 bits per heavy atom. The summed E-state index contributed by atoms with van der Waals surface area (Å²) in [6.07, 6.45) is 2.15. The van der Waals surface area contributed by atoms with Crippen molar-refractivity contribution < 1.29 is 9.53 Å². The van der Waals surface area contributed by atoms with Crippen molar-refractivity contribution >= 4 is 28.3 Å². The molecule has 0 spiro atoms. The molecule has 5 heteroatoms. The topological polar surface area (TPSA) is 51.2 Å². The van der Waals surface area contributed by atoms with Gasteiger partial charge in [0, 0.05) is 18.5 Å². The van der Waals surface area contributed by atoms with Crippen LogP contribution in [0.15, 0.2) is 30.3 Å². The Kier molecular flexibility index (Phi) is 4.36. The molecule has 1 atom stereocenters. The van der Waals surface area contributed by atoms with Crippen LogP contribution in [0.1, 0.15) is 23.3 Å². The number of benzene rings is 1. The van der Waals surface area contributed by atoms with Crippen LogP contribution in [0.5, 0.6) is 0 Å². The van der Waals surface area contributed by atoms with Crippen LogP contribution in [0.4, 0.5) is 0 Å². The van der Waals surface area contributed by atoms with Crippen molar-refractivity contribution in [1.29, 1.82) is 0 Å². The molecule has 1 aromatic carbocycles. The quantitative estimate of drug-likeness (QED) is 0.887. The lowest BCUT2D eigenvalue weighted by Crippen LogP contribution is -2.33. The number of halogens is 1. The molecule has 0 aliphatic carbocycles. The van der Waals surface area contributed by atoms with Gasteiger partial charge in [0.25, 0.3) is 5.91 Å². The van der Waals surface area contributed by atoms with E-state index in [2.05, 4.69) is 10.3 Å². The molecular formula is C16H17ClN2O2. The maximum absolute atomic E-state index is 12.2. The van der Waals surface area contributed by atoms with E-state index in [0.717, 1.165) is 30.2 Å². The number of hydrogen-bond acceptors (Lipinski definition) is 3. The number of pyridine rings is 1. The second-order valence-corrected chi connectivity index (χ2v) is 5.67. The lowest BCUT2D eigenvalue weighted by molar-refractivity contribution is 0.0535. The Balaban J connectivity index is 1.72. The maximum Gasteiger partial charge on any atom is 0.269 e. The highest BCUT2D eigenvalue weighted by Crippen LogP contribution is 2.22. The summed E-state index contributed by atoms with van der Waals surface area (Å²) < 4.78 is 5.41. The van der Waals surface area contributed by atoms with Crippen LogP contribution in [0.25, 0.3) is 10.8 Å². The minimum absolute atomic E-state index is 0.187. The van der Waals surface area contributed by atoms with Crippen LogP contribution in [-0.4, -0.2) is 30.6 Å². The van der Waals surface area contributed by atoms with Crippen LogP contribution in [0.3, 0.4) is 0 Å². The smallest absolute Gasteiger partial charge is 0.269 e. The molecule has 0 bridgehead atoms. The predicted octanol–water partition coefficient (Wildman–Crippen LogP) is 3.04. The van der Waals surface area contributed by atoms with Gasteiger partial charge in [0.15, 0.2) is 0 Å². The van der Waals surface area contributed by atoms with E-state index in [9.17, 15) is 4.79 Å². The number of carbonyl (C=O) groups is 1. The van der Waals surface area contributed by atoms with Crippen molar-refractivity contribution in [2.75, 3.05) is 19.8 Å². The second-order valence-electron chi connectivity index (χ2n) is 5.31. The minimum atomic E-state index is -0.187. The van der Waals surface area contributed by atoms with Gasteiger partial charge in [0.05, 0.1) is 6.61 Å². The molecule has 1 aromatic heterocycles. The third-order valence-corrected chi connectivity index (χ3v) is 4.02. The van der Waals surface area contributed by atoms with Crippen LogP contribution in [0.2, 0.25) is 5.15 Å². The number of carbonyl (C=O) groups excluding carboxylic acids is 1. The van der Waals surface area contributed by atoms with Crippen LogP contribution < -0.4 is 5.32 Å². The van der Waals surface area contributed by atoms with Gasteiger partial charge in [-0.3, -0.25) is 4.79 Å². The lowest BCUT2D eigenvalue weighted by Gasteiger charge is -2.22. The average Bonchev–Trinajstić information content (AvgIpc) is 2.53. The number of hydrogen-bond donors (Lipinski definition) is 1. The normalized spacial score (nSPS) is 18.6. The highest BCUT2D eigenvalue weighted by Gasteiger charge is 2.16. The summed E-state index contributed by atoms with van der Waals surface area (Å²) in [7, 11) is 0. The summed E-state index contributed by atoms with van der Waals surface area (Å²) in [6, 6.07) is 9.41. The molecule has 1 unspecified atom stereocenters. The highest BCUT2D eigenvalue weighted by molar-refractivity contribution is 6.34. The van der Waals surface area contributed by atoms with Gasteiger partial charge in [-0.05, 0) is 30.2 Å². The Morgan fingerprint density at radius 2 is 2.29 bits per heavy atom. The monoisotopic (exact) mass is 304 g/mol. The molecule has 1 aliphatic heterocycles. The summed E-state index contributed by atoms with van der Waals surface area (Å²) in [6.45, 7) is 2.16. The van der Waals surface area contributed by atoms with E-state index in [0.29, 0.717) is 29.9 Å². The van der Waals surface area contributed by atoms with Crippen LogP contribution in [-0.2, 0) is 4.74 Å². The fourth-order valence-corrected chi connectivity index (χ4v) is 2.83. The molecule has 2 heterocycles. The van der Waals surface area contributed by atoms with E-state index in [1.807, 2.05) is 24.3 Å². The SMILES string of the molecule is O=C(NCC1CCCOC1)c1cc2ccccc2c(Cl)n1. The number of fused-ring (bicyclic) bond motifs is 1. The number of nitrogens with zero attached hydrogens (tertiary/aromatic N) is 1. The fourth-order valence-electron chi connectivity index (χ4n) is 2.57. The van der Waals surface area contributed by atoms with Gasteiger partial charge < -0.3 is 10.1 Å². The molecule has 1 fully saturated rings. The van der Waals surface area contributed by atoms with Gasteiger partial charge in [-0.25, -0.2) is 4.98 Å². The number of aromatic nitrogens is 1. The zero-order valence-electron chi connectivity index (χ0n) is 11.6. The molecule has 2 aromatic rings. The van der Waals surface area contributed by atoms with E-state index in [1.54, 1.807) is 6.07 Å². The molecule has 110 valence electrons. The number of amides is 1. The minimum Gasteiger partial charge on any atom is -0.381 e. The van der Waals surface area contributed by atoms with E-state index in [1.165, 1.54) is 0 Å². The van der Waals surface area contributed by atoms with Gasteiger partial charge in [-0.1, -0.05) is 35.9 Å². The molecular weight excluding hydrogens is 288 g/mol. The van der Waals surface area contributed by atoms with E-state index in [-0.39, 0.29) is 5.91 Å². The first-order chi connectivity index (χ1) is 10.2. The van der Waals surface area contributed by atoms with Gasteiger partial charge in [-0.2, -0.15) is 0 Å². The van der Waals surface area contributed by atoms with Crippen molar-refractivity contribution in [1.82, 2.24) is 10.3 Å².